The Morgan fingerprint density at radius 2 is 1.85 bits per heavy atom. The van der Waals surface area contributed by atoms with Gasteiger partial charge in [0, 0.05) is 18.6 Å². The van der Waals surface area contributed by atoms with E-state index in [4.69, 9.17) is 5.73 Å². The Hall–Kier alpha value is -0.0800. The van der Waals surface area contributed by atoms with Gasteiger partial charge in [0.25, 0.3) is 0 Å². The van der Waals surface area contributed by atoms with Crippen LogP contribution in [-0.4, -0.2) is 30.1 Å². The first kappa shape index (κ1) is 9.47. The molecule has 2 N–H and O–H groups in total. The smallest absolute Gasteiger partial charge is 0.0122 e. The molecule has 0 amide bonds. The third-order valence-corrected chi connectivity index (χ3v) is 3.73. The van der Waals surface area contributed by atoms with Gasteiger partial charge in [0.15, 0.2) is 0 Å². The molecule has 1 aliphatic heterocycles. The standard InChI is InChI=1S/C11H22N2/c12-8-6-11-7-9-13(11)10-4-2-1-3-5-10/h10-11H,1-9,12H2. The number of rotatable bonds is 3. The van der Waals surface area contributed by atoms with Gasteiger partial charge in [-0.1, -0.05) is 19.3 Å². The average Bonchev–Trinajstić information content (AvgIpc) is 2.14. The molecule has 1 aliphatic carbocycles. The maximum absolute atomic E-state index is 5.60. The Morgan fingerprint density at radius 1 is 1.08 bits per heavy atom. The zero-order valence-electron chi connectivity index (χ0n) is 8.54. The van der Waals surface area contributed by atoms with E-state index >= 15 is 0 Å². The molecule has 0 radical (unpaired) electrons. The molecular formula is C11H22N2. The lowest BCUT2D eigenvalue weighted by Crippen LogP contribution is -2.54. The van der Waals surface area contributed by atoms with E-state index in [0.717, 1.165) is 18.6 Å². The summed E-state index contributed by atoms with van der Waals surface area (Å²) in [7, 11) is 0. The molecule has 2 fully saturated rings. The first-order chi connectivity index (χ1) is 6.42. The lowest BCUT2D eigenvalue weighted by Gasteiger charge is -2.47. The first-order valence-electron chi connectivity index (χ1n) is 5.87. The molecule has 1 heterocycles. The number of likely N-dealkylation sites (tertiary alicyclic amines) is 1. The summed E-state index contributed by atoms with van der Waals surface area (Å²) in [6, 6.07) is 1.76. The van der Waals surface area contributed by atoms with Crippen molar-refractivity contribution < 1.29 is 0 Å². The van der Waals surface area contributed by atoms with E-state index in [2.05, 4.69) is 4.90 Å². The van der Waals surface area contributed by atoms with Crippen LogP contribution in [0.4, 0.5) is 0 Å². The summed E-state index contributed by atoms with van der Waals surface area (Å²) < 4.78 is 0. The van der Waals surface area contributed by atoms with E-state index in [1.54, 1.807) is 0 Å². The van der Waals surface area contributed by atoms with Gasteiger partial charge in [-0.2, -0.15) is 0 Å². The second-order valence-corrected chi connectivity index (χ2v) is 4.55. The van der Waals surface area contributed by atoms with Crippen LogP contribution in [0.2, 0.25) is 0 Å². The maximum atomic E-state index is 5.60. The van der Waals surface area contributed by atoms with E-state index in [1.807, 2.05) is 0 Å². The van der Waals surface area contributed by atoms with Crippen molar-refractivity contribution in [1.82, 2.24) is 4.90 Å². The van der Waals surface area contributed by atoms with Crippen LogP contribution in [0.5, 0.6) is 0 Å². The van der Waals surface area contributed by atoms with E-state index in [9.17, 15) is 0 Å². The van der Waals surface area contributed by atoms with Crippen LogP contribution in [0, 0.1) is 0 Å². The molecule has 0 aromatic rings. The monoisotopic (exact) mass is 182 g/mol. The van der Waals surface area contributed by atoms with Crippen LogP contribution in [0.15, 0.2) is 0 Å². The molecule has 13 heavy (non-hydrogen) atoms. The van der Waals surface area contributed by atoms with Crippen molar-refractivity contribution in [2.45, 2.75) is 57.0 Å². The minimum absolute atomic E-state index is 0.841. The van der Waals surface area contributed by atoms with Crippen molar-refractivity contribution in [3.63, 3.8) is 0 Å². The van der Waals surface area contributed by atoms with Crippen LogP contribution in [-0.2, 0) is 0 Å². The van der Waals surface area contributed by atoms with Crippen molar-refractivity contribution in [3.05, 3.63) is 0 Å². The van der Waals surface area contributed by atoms with Gasteiger partial charge in [0.1, 0.15) is 0 Å². The summed E-state index contributed by atoms with van der Waals surface area (Å²) >= 11 is 0. The SMILES string of the molecule is NCCC1CCN1C1CCCCC1. The highest BCUT2D eigenvalue weighted by Crippen LogP contribution is 2.30. The van der Waals surface area contributed by atoms with Gasteiger partial charge in [-0.25, -0.2) is 0 Å². The van der Waals surface area contributed by atoms with E-state index in [-0.39, 0.29) is 0 Å². The van der Waals surface area contributed by atoms with Gasteiger partial charge in [-0.05, 0) is 32.2 Å². The summed E-state index contributed by atoms with van der Waals surface area (Å²) in [6.45, 7) is 2.21. The molecule has 1 atom stereocenters. The van der Waals surface area contributed by atoms with Gasteiger partial charge < -0.3 is 5.73 Å². The van der Waals surface area contributed by atoms with Gasteiger partial charge in [0.2, 0.25) is 0 Å². The fourth-order valence-electron chi connectivity index (χ4n) is 2.86. The maximum Gasteiger partial charge on any atom is 0.0122 e. The summed E-state index contributed by atoms with van der Waals surface area (Å²) in [5.74, 6) is 0. The normalized spacial score (nSPS) is 31.6. The number of nitrogens with zero attached hydrogens (tertiary/aromatic N) is 1. The van der Waals surface area contributed by atoms with Gasteiger partial charge >= 0.3 is 0 Å². The Balaban J connectivity index is 1.78. The topological polar surface area (TPSA) is 29.3 Å². The lowest BCUT2D eigenvalue weighted by atomic mass is 9.88. The van der Waals surface area contributed by atoms with Crippen LogP contribution >= 0.6 is 0 Å². The molecule has 1 saturated heterocycles. The van der Waals surface area contributed by atoms with Crippen LogP contribution < -0.4 is 5.73 Å². The predicted octanol–water partition coefficient (Wildman–Crippen LogP) is 1.74. The van der Waals surface area contributed by atoms with Crippen molar-refractivity contribution in [3.8, 4) is 0 Å². The fourth-order valence-corrected chi connectivity index (χ4v) is 2.86. The highest BCUT2D eigenvalue weighted by Gasteiger charge is 2.33. The predicted molar refractivity (Wildman–Crippen MR) is 55.7 cm³/mol. The van der Waals surface area contributed by atoms with Crippen molar-refractivity contribution in [1.29, 1.82) is 0 Å². The summed E-state index contributed by atoms with van der Waals surface area (Å²) in [5.41, 5.74) is 5.60. The molecular weight excluding hydrogens is 160 g/mol. The Labute approximate surface area is 81.5 Å². The van der Waals surface area contributed by atoms with Crippen LogP contribution in [0.3, 0.4) is 0 Å². The fraction of sp³-hybridized carbons (Fsp3) is 1.00. The Bertz CT molecular complexity index is 152. The quantitative estimate of drug-likeness (QED) is 0.720. The third kappa shape index (κ3) is 2.05. The molecule has 2 rings (SSSR count). The first-order valence-corrected chi connectivity index (χ1v) is 5.87. The molecule has 2 nitrogen and oxygen atoms in total. The molecule has 76 valence electrons. The number of hydrogen-bond donors (Lipinski definition) is 1. The van der Waals surface area contributed by atoms with Gasteiger partial charge in [0.05, 0.1) is 0 Å². The third-order valence-electron chi connectivity index (χ3n) is 3.73. The van der Waals surface area contributed by atoms with Crippen LogP contribution in [0.1, 0.15) is 44.9 Å². The molecule has 1 unspecified atom stereocenters. The average molecular weight is 182 g/mol. The van der Waals surface area contributed by atoms with Gasteiger partial charge in [-0.3, -0.25) is 4.90 Å². The Morgan fingerprint density at radius 3 is 2.38 bits per heavy atom. The summed E-state index contributed by atoms with van der Waals surface area (Å²) in [4.78, 5) is 2.71. The van der Waals surface area contributed by atoms with Crippen molar-refractivity contribution >= 4 is 0 Å². The van der Waals surface area contributed by atoms with Gasteiger partial charge in [-0.15, -0.1) is 0 Å². The number of nitrogens with two attached hydrogens (primary N) is 1. The van der Waals surface area contributed by atoms with Crippen LogP contribution in [0.25, 0.3) is 0 Å². The highest BCUT2D eigenvalue weighted by atomic mass is 15.2. The van der Waals surface area contributed by atoms with E-state index in [1.165, 1.54) is 51.5 Å². The molecule has 0 aromatic carbocycles. The molecule has 0 aromatic heterocycles. The minimum Gasteiger partial charge on any atom is -0.330 e. The highest BCUT2D eigenvalue weighted by molar-refractivity contribution is 4.89. The largest absolute Gasteiger partial charge is 0.330 e. The lowest BCUT2D eigenvalue weighted by molar-refractivity contribution is 0.0207. The summed E-state index contributed by atoms with van der Waals surface area (Å²) in [5, 5.41) is 0. The molecule has 0 bridgehead atoms. The minimum atomic E-state index is 0.841. The van der Waals surface area contributed by atoms with Crippen molar-refractivity contribution in [2.24, 2.45) is 5.73 Å². The second kappa shape index (κ2) is 4.43. The molecule has 1 saturated carbocycles. The zero-order chi connectivity index (χ0) is 9.10. The Kier molecular flexibility index (Phi) is 3.23. The van der Waals surface area contributed by atoms with E-state index in [0.29, 0.717) is 0 Å². The molecule has 2 heteroatoms. The zero-order valence-corrected chi connectivity index (χ0v) is 8.54. The second-order valence-electron chi connectivity index (χ2n) is 4.55. The van der Waals surface area contributed by atoms with E-state index < -0.39 is 0 Å². The molecule has 2 aliphatic rings. The summed E-state index contributed by atoms with van der Waals surface area (Å²) in [6.07, 6.45) is 9.88. The number of hydrogen-bond acceptors (Lipinski definition) is 2. The molecule has 0 spiro atoms. The van der Waals surface area contributed by atoms with Crippen molar-refractivity contribution in [2.75, 3.05) is 13.1 Å².